The zero-order valence-corrected chi connectivity index (χ0v) is 11.9. The van der Waals surface area contributed by atoms with Gasteiger partial charge < -0.3 is 10.1 Å². The van der Waals surface area contributed by atoms with Gasteiger partial charge in [-0.3, -0.25) is 0 Å². The monoisotopic (exact) mass is 276 g/mol. The first-order valence-electron chi connectivity index (χ1n) is 6.25. The summed E-state index contributed by atoms with van der Waals surface area (Å²) >= 11 is 5.95. The summed E-state index contributed by atoms with van der Waals surface area (Å²) in [5.74, 6) is 2.11. The van der Waals surface area contributed by atoms with Gasteiger partial charge in [0.15, 0.2) is 0 Å². The summed E-state index contributed by atoms with van der Waals surface area (Å²) in [6.07, 6.45) is 1.77. The van der Waals surface area contributed by atoms with Crippen LogP contribution in [0.2, 0.25) is 0 Å². The minimum Gasteiger partial charge on any atom is -0.494 e. The lowest BCUT2D eigenvalue weighted by molar-refractivity contribution is 0.337. The summed E-state index contributed by atoms with van der Waals surface area (Å²) < 4.78 is 5.53. The number of halogens is 1. The second-order valence-corrected chi connectivity index (χ2v) is 4.45. The van der Waals surface area contributed by atoms with Gasteiger partial charge in [-0.2, -0.15) is 0 Å². The standard InChI is InChI=1S/C15H17ClN2O/c1-3-19-14-7-6-13(9-12(14)10-16)18-15-11(2)5-4-8-17-15/h4-9H,3,10H2,1-2H3,(H,17,18). The van der Waals surface area contributed by atoms with Crippen LogP contribution in [-0.4, -0.2) is 11.6 Å². The highest BCUT2D eigenvalue weighted by atomic mass is 35.5. The molecular formula is C15H17ClN2O. The first-order valence-corrected chi connectivity index (χ1v) is 6.78. The van der Waals surface area contributed by atoms with E-state index in [4.69, 9.17) is 16.3 Å². The van der Waals surface area contributed by atoms with Crippen LogP contribution in [0.25, 0.3) is 0 Å². The number of nitrogens with one attached hydrogen (secondary N) is 1. The maximum absolute atomic E-state index is 5.95. The molecule has 2 rings (SSSR count). The lowest BCUT2D eigenvalue weighted by Crippen LogP contribution is -1.99. The Morgan fingerprint density at radius 2 is 2.16 bits per heavy atom. The molecule has 100 valence electrons. The molecule has 1 heterocycles. The Morgan fingerprint density at radius 3 is 2.84 bits per heavy atom. The average molecular weight is 277 g/mol. The maximum atomic E-state index is 5.95. The van der Waals surface area contributed by atoms with Gasteiger partial charge in [-0.25, -0.2) is 4.98 Å². The minimum atomic E-state index is 0.423. The molecule has 0 aliphatic carbocycles. The summed E-state index contributed by atoms with van der Waals surface area (Å²) in [5, 5.41) is 3.29. The van der Waals surface area contributed by atoms with Crippen molar-refractivity contribution in [1.29, 1.82) is 0 Å². The van der Waals surface area contributed by atoms with Crippen molar-refractivity contribution in [2.45, 2.75) is 19.7 Å². The molecule has 2 aromatic rings. The third-order valence-corrected chi connectivity index (χ3v) is 3.06. The predicted molar refractivity (Wildman–Crippen MR) is 79.4 cm³/mol. The average Bonchev–Trinajstić information content (AvgIpc) is 2.43. The summed E-state index contributed by atoms with van der Waals surface area (Å²) in [6.45, 7) is 4.61. The lowest BCUT2D eigenvalue weighted by Gasteiger charge is -2.12. The van der Waals surface area contributed by atoms with Crippen LogP contribution < -0.4 is 10.1 Å². The summed E-state index contributed by atoms with van der Waals surface area (Å²) in [7, 11) is 0. The van der Waals surface area contributed by atoms with Crippen LogP contribution in [0.4, 0.5) is 11.5 Å². The fourth-order valence-electron chi connectivity index (χ4n) is 1.81. The number of hydrogen-bond donors (Lipinski definition) is 1. The summed E-state index contributed by atoms with van der Waals surface area (Å²) in [4.78, 5) is 4.31. The van der Waals surface area contributed by atoms with Gasteiger partial charge in [0.2, 0.25) is 0 Å². The van der Waals surface area contributed by atoms with E-state index in [0.717, 1.165) is 28.4 Å². The zero-order chi connectivity index (χ0) is 13.7. The van der Waals surface area contributed by atoms with Gasteiger partial charge in [0.25, 0.3) is 0 Å². The van der Waals surface area contributed by atoms with Crippen LogP contribution in [0.15, 0.2) is 36.5 Å². The van der Waals surface area contributed by atoms with Gasteiger partial charge in [-0.05, 0) is 43.7 Å². The highest BCUT2D eigenvalue weighted by Crippen LogP contribution is 2.26. The highest BCUT2D eigenvalue weighted by molar-refractivity contribution is 6.17. The van der Waals surface area contributed by atoms with Crippen molar-refractivity contribution in [2.24, 2.45) is 0 Å². The van der Waals surface area contributed by atoms with Crippen molar-refractivity contribution in [3.63, 3.8) is 0 Å². The van der Waals surface area contributed by atoms with E-state index in [2.05, 4.69) is 10.3 Å². The number of anilines is 2. The molecule has 4 heteroatoms. The molecule has 0 fully saturated rings. The molecule has 0 saturated carbocycles. The minimum absolute atomic E-state index is 0.423. The SMILES string of the molecule is CCOc1ccc(Nc2ncccc2C)cc1CCl. The molecule has 0 bridgehead atoms. The second-order valence-electron chi connectivity index (χ2n) is 4.18. The topological polar surface area (TPSA) is 34.1 Å². The molecule has 1 N–H and O–H groups in total. The molecule has 0 radical (unpaired) electrons. The Kier molecular flexibility index (Phi) is 4.63. The van der Waals surface area contributed by atoms with E-state index in [9.17, 15) is 0 Å². The quantitative estimate of drug-likeness (QED) is 0.828. The highest BCUT2D eigenvalue weighted by Gasteiger charge is 2.05. The van der Waals surface area contributed by atoms with Gasteiger partial charge in [-0.1, -0.05) is 6.07 Å². The number of aryl methyl sites for hydroxylation is 1. The molecule has 0 amide bonds. The van der Waals surface area contributed by atoms with Crippen LogP contribution in [-0.2, 0) is 5.88 Å². The van der Waals surface area contributed by atoms with E-state index in [-0.39, 0.29) is 0 Å². The predicted octanol–water partition coefficient (Wildman–Crippen LogP) is 4.27. The lowest BCUT2D eigenvalue weighted by atomic mass is 10.2. The van der Waals surface area contributed by atoms with E-state index in [1.54, 1.807) is 6.20 Å². The first-order chi connectivity index (χ1) is 9.24. The van der Waals surface area contributed by atoms with Gasteiger partial charge in [-0.15, -0.1) is 11.6 Å². The molecule has 0 aliphatic heterocycles. The van der Waals surface area contributed by atoms with Crippen LogP contribution in [0.3, 0.4) is 0 Å². The third-order valence-electron chi connectivity index (χ3n) is 2.78. The van der Waals surface area contributed by atoms with Crippen molar-refractivity contribution < 1.29 is 4.74 Å². The van der Waals surface area contributed by atoms with E-state index in [1.165, 1.54) is 0 Å². The second kappa shape index (κ2) is 6.43. The normalized spacial score (nSPS) is 10.3. The van der Waals surface area contributed by atoms with Crippen molar-refractivity contribution in [3.8, 4) is 5.75 Å². The molecule has 0 saturated heterocycles. The van der Waals surface area contributed by atoms with Gasteiger partial charge in [0, 0.05) is 17.4 Å². The van der Waals surface area contributed by atoms with Gasteiger partial charge >= 0.3 is 0 Å². The van der Waals surface area contributed by atoms with Crippen LogP contribution in [0.5, 0.6) is 5.75 Å². The Labute approximate surface area is 118 Å². The van der Waals surface area contributed by atoms with E-state index in [0.29, 0.717) is 12.5 Å². The molecule has 1 aromatic heterocycles. The third kappa shape index (κ3) is 3.38. The molecular weight excluding hydrogens is 260 g/mol. The molecule has 3 nitrogen and oxygen atoms in total. The molecule has 19 heavy (non-hydrogen) atoms. The van der Waals surface area contributed by atoms with E-state index >= 15 is 0 Å². The fourth-order valence-corrected chi connectivity index (χ4v) is 2.02. The Bertz CT molecular complexity index is 558. The number of aromatic nitrogens is 1. The van der Waals surface area contributed by atoms with Crippen LogP contribution >= 0.6 is 11.6 Å². The zero-order valence-electron chi connectivity index (χ0n) is 11.1. The number of ether oxygens (including phenoxy) is 1. The summed E-state index contributed by atoms with van der Waals surface area (Å²) in [5.41, 5.74) is 3.03. The van der Waals surface area contributed by atoms with Crippen molar-refractivity contribution in [1.82, 2.24) is 4.98 Å². The number of rotatable bonds is 5. The van der Waals surface area contributed by atoms with Crippen LogP contribution in [0.1, 0.15) is 18.1 Å². The summed E-state index contributed by atoms with van der Waals surface area (Å²) in [6, 6.07) is 9.83. The van der Waals surface area contributed by atoms with Gasteiger partial charge in [0.1, 0.15) is 11.6 Å². The molecule has 0 unspecified atom stereocenters. The van der Waals surface area contributed by atoms with E-state index < -0.39 is 0 Å². The Hall–Kier alpha value is -1.74. The fraction of sp³-hybridized carbons (Fsp3) is 0.267. The maximum Gasteiger partial charge on any atom is 0.133 e. The number of benzene rings is 1. The van der Waals surface area contributed by atoms with Crippen molar-refractivity contribution in [3.05, 3.63) is 47.7 Å². The number of hydrogen-bond acceptors (Lipinski definition) is 3. The van der Waals surface area contributed by atoms with Crippen molar-refractivity contribution >= 4 is 23.1 Å². The largest absolute Gasteiger partial charge is 0.494 e. The van der Waals surface area contributed by atoms with Gasteiger partial charge in [0.05, 0.1) is 12.5 Å². The molecule has 0 atom stereocenters. The number of nitrogens with zero attached hydrogens (tertiary/aromatic N) is 1. The van der Waals surface area contributed by atoms with Crippen LogP contribution in [0, 0.1) is 6.92 Å². The Morgan fingerprint density at radius 1 is 1.32 bits per heavy atom. The number of alkyl halides is 1. The molecule has 0 aliphatic rings. The molecule has 0 spiro atoms. The number of pyridine rings is 1. The van der Waals surface area contributed by atoms with E-state index in [1.807, 2.05) is 44.2 Å². The molecule has 1 aromatic carbocycles. The Balaban J connectivity index is 2.24. The first kappa shape index (κ1) is 13.7. The smallest absolute Gasteiger partial charge is 0.133 e. The van der Waals surface area contributed by atoms with Crippen molar-refractivity contribution in [2.75, 3.05) is 11.9 Å².